The fourth-order valence-electron chi connectivity index (χ4n) is 1.92. The average Bonchev–Trinajstić information content (AvgIpc) is 2.40. The molecule has 1 N–H and O–H groups in total. The fourth-order valence-corrected chi connectivity index (χ4v) is 2.73. The molecule has 0 bridgehead atoms. The Hall–Kier alpha value is -0.440. The summed E-state index contributed by atoms with van der Waals surface area (Å²) in [7, 11) is 0. The summed E-state index contributed by atoms with van der Waals surface area (Å²) in [5.41, 5.74) is 0.377. The highest BCUT2D eigenvalue weighted by atomic mass is 35.5. The Bertz CT molecular complexity index is 433. The summed E-state index contributed by atoms with van der Waals surface area (Å²) in [6.45, 7) is 4.62. The highest BCUT2D eigenvalue weighted by molar-refractivity contribution is 6.35. The molecule has 0 saturated heterocycles. The summed E-state index contributed by atoms with van der Waals surface area (Å²) < 4.78 is 0. The first-order valence-corrected chi connectivity index (χ1v) is 7.56. The largest absolute Gasteiger partial charge is 0.350 e. The molecule has 1 amide bonds. The quantitative estimate of drug-likeness (QED) is 0.751. The van der Waals surface area contributed by atoms with Gasteiger partial charge in [-0.1, -0.05) is 49.9 Å². The molecule has 0 aliphatic heterocycles. The highest BCUT2D eigenvalue weighted by Gasteiger charge is 2.18. The fraction of sp³-hybridized carbons (Fsp3) is 0.500. The molecule has 0 spiro atoms. The molecule has 1 rings (SSSR count). The van der Waals surface area contributed by atoms with Gasteiger partial charge in [-0.3, -0.25) is 4.79 Å². The lowest BCUT2D eigenvalue weighted by molar-refractivity contribution is 0.0951. The third-order valence-corrected chi connectivity index (χ3v) is 4.27. The van der Waals surface area contributed by atoms with E-state index in [2.05, 4.69) is 19.2 Å². The number of nitrogens with one attached hydrogen (secondary N) is 1. The molecule has 1 atom stereocenters. The summed E-state index contributed by atoms with van der Waals surface area (Å²) in [6.07, 6.45) is 2.00. The SMILES string of the molecule is CCC(CC)C(Cl)CNC(=O)c1cc(Cl)ccc1Cl. The molecule has 2 nitrogen and oxygen atoms in total. The van der Waals surface area contributed by atoms with Crippen molar-refractivity contribution in [2.45, 2.75) is 32.1 Å². The number of benzene rings is 1. The molecule has 1 aromatic carbocycles. The van der Waals surface area contributed by atoms with Gasteiger partial charge in [-0.05, 0) is 24.1 Å². The number of hydrogen-bond donors (Lipinski definition) is 1. The molecule has 106 valence electrons. The Kier molecular flexibility index (Phi) is 6.98. The zero-order valence-electron chi connectivity index (χ0n) is 11.1. The number of halogens is 3. The minimum atomic E-state index is -0.246. The van der Waals surface area contributed by atoms with Crippen molar-refractivity contribution in [2.75, 3.05) is 6.54 Å². The van der Waals surface area contributed by atoms with Crippen molar-refractivity contribution in [2.24, 2.45) is 5.92 Å². The van der Waals surface area contributed by atoms with Crippen molar-refractivity contribution in [3.63, 3.8) is 0 Å². The van der Waals surface area contributed by atoms with E-state index in [0.29, 0.717) is 28.1 Å². The van der Waals surface area contributed by atoms with Crippen LogP contribution in [0.3, 0.4) is 0 Å². The first kappa shape index (κ1) is 16.6. The van der Waals surface area contributed by atoms with Gasteiger partial charge in [-0.15, -0.1) is 11.6 Å². The molecule has 1 aromatic rings. The predicted molar refractivity (Wildman–Crippen MR) is 82.5 cm³/mol. The lowest BCUT2D eigenvalue weighted by atomic mass is 9.99. The molecular weight excluding hydrogens is 305 g/mol. The van der Waals surface area contributed by atoms with Crippen molar-refractivity contribution in [3.8, 4) is 0 Å². The number of carbonyl (C=O) groups is 1. The maximum Gasteiger partial charge on any atom is 0.252 e. The first-order valence-electron chi connectivity index (χ1n) is 6.36. The van der Waals surface area contributed by atoms with E-state index in [9.17, 15) is 4.79 Å². The summed E-state index contributed by atoms with van der Waals surface area (Å²) in [4.78, 5) is 12.0. The van der Waals surface area contributed by atoms with Crippen molar-refractivity contribution >= 4 is 40.7 Å². The van der Waals surface area contributed by atoms with Crippen LogP contribution >= 0.6 is 34.8 Å². The van der Waals surface area contributed by atoms with E-state index in [1.54, 1.807) is 18.2 Å². The van der Waals surface area contributed by atoms with Crippen LogP contribution in [0.5, 0.6) is 0 Å². The molecule has 0 radical (unpaired) electrons. The second kappa shape index (κ2) is 7.98. The van der Waals surface area contributed by atoms with E-state index < -0.39 is 0 Å². The molecule has 0 saturated carbocycles. The van der Waals surface area contributed by atoms with Gasteiger partial charge in [-0.25, -0.2) is 0 Å². The van der Waals surface area contributed by atoms with E-state index in [0.717, 1.165) is 12.8 Å². The predicted octanol–water partition coefficient (Wildman–Crippen LogP) is 4.77. The smallest absolute Gasteiger partial charge is 0.252 e. The van der Waals surface area contributed by atoms with Crippen LogP contribution < -0.4 is 5.32 Å². The van der Waals surface area contributed by atoms with Gasteiger partial charge in [0.2, 0.25) is 0 Å². The average molecular weight is 323 g/mol. The molecular formula is C14H18Cl3NO. The molecule has 19 heavy (non-hydrogen) atoms. The van der Waals surface area contributed by atoms with Gasteiger partial charge in [0.1, 0.15) is 0 Å². The number of carbonyl (C=O) groups excluding carboxylic acids is 1. The van der Waals surface area contributed by atoms with Gasteiger partial charge in [0.05, 0.1) is 16.0 Å². The molecule has 0 fully saturated rings. The first-order chi connectivity index (χ1) is 8.99. The van der Waals surface area contributed by atoms with Gasteiger partial charge in [0.25, 0.3) is 5.91 Å². The standard InChI is InChI=1S/C14H18Cl3NO/c1-3-9(4-2)13(17)8-18-14(19)11-7-10(15)5-6-12(11)16/h5-7,9,13H,3-4,8H2,1-2H3,(H,18,19). The second-order valence-corrected chi connectivity index (χ2v) is 5.83. The van der Waals surface area contributed by atoms with Gasteiger partial charge < -0.3 is 5.32 Å². The van der Waals surface area contributed by atoms with Gasteiger partial charge in [0, 0.05) is 11.6 Å². The van der Waals surface area contributed by atoms with E-state index >= 15 is 0 Å². The third-order valence-electron chi connectivity index (χ3n) is 3.19. The Labute approximate surface area is 129 Å². The summed E-state index contributed by atoms with van der Waals surface area (Å²) in [6, 6.07) is 4.81. The number of hydrogen-bond acceptors (Lipinski definition) is 1. The normalized spacial score (nSPS) is 12.5. The van der Waals surface area contributed by atoms with E-state index in [4.69, 9.17) is 34.8 Å². The van der Waals surface area contributed by atoms with Crippen LogP contribution in [0, 0.1) is 5.92 Å². The minimum Gasteiger partial charge on any atom is -0.350 e. The molecule has 0 aliphatic carbocycles. The highest BCUT2D eigenvalue weighted by Crippen LogP contribution is 2.21. The van der Waals surface area contributed by atoms with Crippen molar-refractivity contribution in [1.82, 2.24) is 5.32 Å². The van der Waals surface area contributed by atoms with E-state index in [1.807, 2.05) is 0 Å². The van der Waals surface area contributed by atoms with Crippen LogP contribution in [-0.2, 0) is 0 Å². The van der Waals surface area contributed by atoms with Crippen LogP contribution in [0.2, 0.25) is 10.0 Å². The van der Waals surface area contributed by atoms with Gasteiger partial charge >= 0.3 is 0 Å². The lowest BCUT2D eigenvalue weighted by Gasteiger charge is -2.19. The molecule has 0 aromatic heterocycles. The topological polar surface area (TPSA) is 29.1 Å². The monoisotopic (exact) mass is 321 g/mol. The van der Waals surface area contributed by atoms with Crippen molar-refractivity contribution in [1.29, 1.82) is 0 Å². The second-order valence-electron chi connectivity index (χ2n) is 4.43. The van der Waals surface area contributed by atoms with Crippen molar-refractivity contribution in [3.05, 3.63) is 33.8 Å². The number of rotatable bonds is 6. The van der Waals surface area contributed by atoms with E-state index in [-0.39, 0.29) is 11.3 Å². The van der Waals surface area contributed by atoms with Crippen LogP contribution in [0.4, 0.5) is 0 Å². The zero-order valence-corrected chi connectivity index (χ0v) is 13.3. The number of amides is 1. The molecule has 5 heteroatoms. The van der Waals surface area contributed by atoms with Crippen LogP contribution in [-0.4, -0.2) is 17.8 Å². The summed E-state index contributed by atoms with van der Waals surface area (Å²) in [5.74, 6) is 0.154. The Morgan fingerprint density at radius 1 is 1.26 bits per heavy atom. The number of alkyl halides is 1. The Morgan fingerprint density at radius 3 is 2.47 bits per heavy atom. The molecule has 0 aliphatic rings. The van der Waals surface area contributed by atoms with Crippen LogP contribution in [0.25, 0.3) is 0 Å². The van der Waals surface area contributed by atoms with E-state index in [1.165, 1.54) is 0 Å². The lowest BCUT2D eigenvalue weighted by Crippen LogP contribution is -2.33. The van der Waals surface area contributed by atoms with Crippen LogP contribution in [0.15, 0.2) is 18.2 Å². The Morgan fingerprint density at radius 2 is 1.89 bits per heavy atom. The summed E-state index contributed by atoms with van der Waals surface area (Å²) >= 11 is 18.1. The molecule has 1 unspecified atom stereocenters. The zero-order chi connectivity index (χ0) is 14.4. The van der Waals surface area contributed by atoms with Crippen molar-refractivity contribution < 1.29 is 4.79 Å². The Balaban J connectivity index is 2.63. The maximum absolute atomic E-state index is 12.0. The minimum absolute atomic E-state index is 0.0723. The molecule has 0 heterocycles. The van der Waals surface area contributed by atoms with Crippen LogP contribution in [0.1, 0.15) is 37.0 Å². The maximum atomic E-state index is 12.0. The van der Waals surface area contributed by atoms with Gasteiger partial charge in [-0.2, -0.15) is 0 Å². The van der Waals surface area contributed by atoms with Gasteiger partial charge in [0.15, 0.2) is 0 Å². The summed E-state index contributed by atoms with van der Waals surface area (Å²) in [5, 5.41) is 3.60. The third kappa shape index (κ3) is 4.87.